The summed E-state index contributed by atoms with van der Waals surface area (Å²) in [4.78, 5) is 85.0. The first-order valence-electron chi connectivity index (χ1n) is 15.9. The maximum atomic E-state index is 14.7. The van der Waals surface area contributed by atoms with Gasteiger partial charge in [0.05, 0.1) is 17.5 Å². The molecule has 7 aliphatic rings. The first kappa shape index (κ1) is 29.5. The van der Waals surface area contributed by atoms with Crippen molar-refractivity contribution in [1.29, 1.82) is 0 Å². The number of amides is 1. The number of benzene rings is 1. The summed E-state index contributed by atoms with van der Waals surface area (Å²) in [6.45, 7) is 1.82. The summed E-state index contributed by atoms with van der Waals surface area (Å²) in [5.41, 5.74) is 2.56. The van der Waals surface area contributed by atoms with Crippen LogP contribution >= 0.6 is 0 Å². The summed E-state index contributed by atoms with van der Waals surface area (Å²) < 4.78 is 0. The number of carbonyl (C=O) groups is 6. The molecule has 0 spiro atoms. The number of nitrogens with zero attached hydrogens (tertiary/aromatic N) is 1. The molecule has 6 saturated carbocycles. The maximum absolute atomic E-state index is 14.7. The van der Waals surface area contributed by atoms with Crippen molar-refractivity contribution in [1.82, 2.24) is 4.90 Å². The van der Waals surface area contributed by atoms with E-state index >= 15 is 0 Å². The van der Waals surface area contributed by atoms with Crippen LogP contribution in [0.25, 0.3) is 0 Å². The van der Waals surface area contributed by atoms with E-state index in [4.69, 9.17) is 5.73 Å². The Morgan fingerprint density at radius 2 is 1.57 bits per heavy atom. The molecule has 0 heterocycles. The van der Waals surface area contributed by atoms with E-state index in [0.29, 0.717) is 23.3 Å². The number of aliphatic hydroxyl groups is 1. The van der Waals surface area contributed by atoms with Gasteiger partial charge in [0.15, 0.2) is 34.7 Å². The van der Waals surface area contributed by atoms with Crippen LogP contribution in [0, 0.1) is 52.8 Å². The van der Waals surface area contributed by atoms with Crippen molar-refractivity contribution in [2.45, 2.75) is 69.4 Å². The third kappa shape index (κ3) is 3.73. The fourth-order valence-corrected chi connectivity index (χ4v) is 11.3. The highest BCUT2D eigenvalue weighted by Gasteiger charge is 2.73. The lowest BCUT2D eigenvalue weighted by Gasteiger charge is -2.59. The van der Waals surface area contributed by atoms with E-state index in [1.807, 2.05) is 6.92 Å². The molecule has 4 bridgehead atoms. The number of carbonyl (C=O) groups excluding carboxylic acids is 6. The molecule has 4 N–H and O–H groups in total. The van der Waals surface area contributed by atoms with Crippen LogP contribution in [-0.2, 0) is 24.0 Å². The van der Waals surface area contributed by atoms with Gasteiger partial charge in [-0.3, -0.25) is 33.7 Å². The summed E-state index contributed by atoms with van der Waals surface area (Å²) in [7, 11) is 3.13. The monoisotopic (exact) mass is 604 g/mol. The lowest BCUT2D eigenvalue weighted by atomic mass is 9.44. The average Bonchev–Trinajstić information content (AvgIpc) is 2.93. The van der Waals surface area contributed by atoms with Crippen molar-refractivity contribution in [2.75, 3.05) is 14.1 Å². The predicted molar refractivity (Wildman–Crippen MR) is 155 cm³/mol. The second-order valence-corrected chi connectivity index (χ2v) is 15.1. The van der Waals surface area contributed by atoms with E-state index in [1.165, 1.54) is 11.0 Å². The smallest absolute Gasteiger partial charge is 0.235 e. The van der Waals surface area contributed by atoms with Crippen molar-refractivity contribution < 1.29 is 39.0 Å². The van der Waals surface area contributed by atoms with E-state index < -0.39 is 81.6 Å². The molecule has 0 aromatic heterocycles. The van der Waals surface area contributed by atoms with Gasteiger partial charge in [0.1, 0.15) is 11.5 Å². The molecule has 8 rings (SSSR count). The fourth-order valence-electron chi connectivity index (χ4n) is 11.3. The molecule has 0 aliphatic heterocycles. The highest BCUT2D eigenvalue weighted by molar-refractivity contribution is 6.32. The topological polar surface area (TPSA) is 172 Å². The van der Waals surface area contributed by atoms with Crippen LogP contribution in [0.5, 0.6) is 5.75 Å². The van der Waals surface area contributed by atoms with Crippen LogP contribution in [0.3, 0.4) is 0 Å². The Balaban J connectivity index is 1.41. The Labute approximate surface area is 255 Å². The van der Waals surface area contributed by atoms with Gasteiger partial charge in [0, 0.05) is 17.8 Å². The van der Waals surface area contributed by atoms with Gasteiger partial charge in [0.2, 0.25) is 5.91 Å². The first-order valence-corrected chi connectivity index (χ1v) is 15.9. The number of hydrogen-bond donors (Lipinski definition) is 3. The third-order valence-electron chi connectivity index (χ3n) is 12.6. The molecular weight excluding hydrogens is 564 g/mol. The van der Waals surface area contributed by atoms with Gasteiger partial charge in [-0.2, -0.15) is 0 Å². The molecule has 1 aromatic rings. The summed E-state index contributed by atoms with van der Waals surface area (Å²) in [6, 6.07) is 3.39. The van der Waals surface area contributed by atoms with Gasteiger partial charge in [-0.05, 0) is 99.8 Å². The van der Waals surface area contributed by atoms with Gasteiger partial charge < -0.3 is 15.9 Å². The number of primary amides is 1. The van der Waals surface area contributed by atoms with Crippen molar-refractivity contribution >= 4 is 34.8 Å². The minimum atomic E-state index is -2.90. The van der Waals surface area contributed by atoms with Crippen LogP contribution in [0.1, 0.15) is 73.7 Å². The van der Waals surface area contributed by atoms with Crippen molar-refractivity contribution in [2.24, 2.45) is 58.5 Å². The molecule has 8 atom stereocenters. The van der Waals surface area contributed by atoms with Crippen LogP contribution in [0.15, 0.2) is 18.2 Å². The summed E-state index contributed by atoms with van der Waals surface area (Å²) in [6.07, 6.45) is 5.64. The lowest BCUT2D eigenvalue weighted by Crippen LogP contribution is -2.76. The number of phenolic OH excluding ortho intramolecular Hbond substituents is 1. The summed E-state index contributed by atoms with van der Waals surface area (Å²) >= 11 is 0. The van der Waals surface area contributed by atoms with Crippen LogP contribution in [0.4, 0.5) is 0 Å². The Morgan fingerprint density at radius 3 is 2.11 bits per heavy atom. The van der Waals surface area contributed by atoms with Crippen molar-refractivity contribution in [3.05, 3.63) is 29.3 Å². The maximum Gasteiger partial charge on any atom is 0.235 e. The molecular formula is C34H40N2O8. The van der Waals surface area contributed by atoms with Gasteiger partial charge in [-0.15, -0.1) is 0 Å². The van der Waals surface area contributed by atoms with E-state index in [9.17, 15) is 39.0 Å². The Hall–Kier alpha value is -3.24. The molecule has 10 heteroatoms. The zero-order valence-electron chi connectivity index (χ0n) is 25.3. The molecule has 1 amide bonds. The summed E-state index contributed by atoms with van der Waals surface area (Å²) in [5.74, 6) is -11.3. The number of ketones is 5. The molecule has 44 heavy (non-hydrogen) atoms. The zero-order chi connectivity index (χ0) is 31.6. The minimum absolute atomic E-state index is 0.00725. The Kier molecular flexibility index (Phi) is 6.45. The molecule has 0 radical (unpaired) electrons. The molecule has 8 unspecified atom stereocenters. The SMILES string of the molecule is CC1c2cccc(O)c2C(=O)C2C(=O)C3(O)C(=O)C(C(N)=O)C(=O)C(N(C)C)C3C(CC(=O)C34CC5CC(CC(C5)C3)C4)C21. The molecule has 6 fully saturated rings. The second-order valence-electron chi connectivity index (χ2n) is 15.1. The van der Waals surface area contributed by atoms with E-state index in [2.05, 4.69) is 0 Å². The standard InChI is InChI=1S/C34H40N2O8/c1-14-18-5-4-6-20(37)23(18)28(39)24-22(14)19(10-21(38)33-11-15-7-16(12-33)9-17(8-15)13-33)26-27(36(2)3)29(40)25(32(35)43)31(42)34(26,44)30(24)41/h4-6,14-17,19,22,24-27,37,44H,7-13H2,1-3H3,(H2,35,43). The molecule has 0 saturated heterocycles. The fraction of sp³-hybridized carbons (Fsp3) is 0.647. The number of phenols is 1. The van der Waals surface area contributed by atoms with Crippen LogP contribution in [0.2, 0.25) is 0 Å². The normalized spacial score (nSPS) is 43.9. The number of aromatic hydroxyl groups is 1. The summed E-state index contributed by atoms with van der Waals surface area (Å²) in [5, 5.41) is 23.1. The first-order chi connectivity index (χ1) is 20.7. The van der Waals surface area contributed by atoms with Gasteiger partial charge in [0.25, 0.3) is 0 Å². The van der Waals surface area contributed by atoms with E-state index in [1.54, 1.807) is 26.2 Å². The highest BCUT2D eigenvalue weighted by atomic mass is 16.3. The number of nitrogens with two attached hydrogens (primary N) is 1. The largest absolute Gasteiger partial charge is 0.507 e. The second kappa shape index (κ2) is 9.63. The van der Waals surface area contributed by atoms with Crippen LogP contribution < -0.4 is 5.73 Å². The average molecular weight is 605 g/mol. The number of fused-ring (bicyclic) bond motifs is 3. The van der Waals surface area contributed by atoms with Gasteiger partial charge in [-0.25, -0.2) is 0 Å². The van der Waals surface area contributed by atoms with Crippen molar-refractivity contribution in [3.8, 4) is 5.75 Å². The van der Waals surface area contributed by atoms with Gasteiger partial charge >= 0.3 is 0 Å². The third-order valence-corrected chi connectivity index (χ3v) is 12.6. The lowest BCUT2D eigenvalue weighted by molar-refractivity contribution is -0.191. The predicted octanol–water partition coefficient (Wildman–Crippen LogP) is 1.83. The van der Waals surface area contributed by atoms with Crippen molar-refractivity contribution in [3.63, 3.8) is 0 Å². The number of hydrogen-bond acceptors (Lipinski definition) is 9. The highest BCUT2D eigenvalue weighted by Crippen LogP contribution is 2.63. The number of rotatable bonds is 5. The zero-order valence-corrected chi connectivity index (χ0v) is 25.3. The minimum Gasteiger partial charge on any atom is -0.507 e. The quantitative estimate of drug-likeness (QED) is 0.424. The molecule has 1 aromatic carbocycles. The van der Waals surface area contributed by atoms with E-state index in [0.717, 1.165) is 38.5 Å². The molecule has 7 aliphatic carbocycles. The van der Waals surface area contributed by atoms with E-state index in [-0.39, 0.29) is 23.5 Å². The van der Waals surface area contributed by atoms with Gasteiger partial charge in [-0.1, -0.05) is 19.1 Å². The van der Waals surface area contributed by atoms with Crippen LogP contribution in [-0.4, -0.2) is 75.7 Å². The number of likely N-dealkylation sites (N-methyl/N-ethyl adjacent to an activating group) is 1. The Bertz CT molecular complexity index is 1500. The Morgan fingerprint density at radius 1 is 0.977 bits per heavy atom. The molecule has 10 nitrogen and oxygen atoms in total. The molecule has 234 valence electrons. The number of Topliss-reactive ketones (excluding diaryl/α,β-unsaturated/α-hetero) is 5.